The van der Waals surface area contributed by atoms with Crippen LogP contribution in [0.2, 0.25) is 0 Å². The number of nitrogens with one attached hydrogen (secondary N) is 1. The van der Waals surface area contributed by atoms with Gasteiger partial charge in [0.15, 0.2) is 11.8 Å². The van der Waals surface area contributed by atoms with Gasteiger partial charge in [0.1, 0.15) is 11.5 Å². The van der Waals surface area contributed by atoms with Crippen molar-refractivity contribution < 1.29 is 23.8 Å². The Bertz CT molecular complexity index is 833. The summed E-state index contributed by atoms with van der Waals surface area (Å²) in [6.45, 7) is 2.36. The molecule has 0 aliphatic carbocycles. The van der Waals surface area contributed by atoms with Crippen LogP contribution in [0, 0.1) is 0 Å². The van der Waals surface area contributed by atoms with E-state index in [0.29, 0.717) is 35.7 Å². The van der Waals surface area contributed by atoms with Gasteiger partial charge in [-0.05, 0) is 24.5 Å². The molecule has 138 valence electrons. The Morgan fingerprint density at radius 2 is 2.15 bits per heavy atom. The molecule has 1 atom stereocenters. The summed E-state index contributed by atoms with van der Waals surface area (Å²) in [5.74, 6) is 0.506. The zero-order valence-corrected chi connectivity index (χ0v) is 15.6. The lowest BCUT2D eigenvalue weighted by Crippen LogP contribution is -2.47. The number of ketones is 1. The first-order valence-corrected chi connectivity index (χ1v) is 8.98. The molecule has 8 heteroatoms. The summed E-state index contributed by atoms with van der Waals surface area (Å²) in [4.78, 5) is 25.7. The van der Waals surface area contributed by atoms with Gasteiger partial charge < -0.3 is 14.2 Å². The minimum absolute atomic E-state index is 0.231. The van der Waals surface area contributed by atoms with Crippen LogP contribution in [0.15, 0.2) is 18.2 Å². The van der Waals surface area contributed by atoms with E-state index in [2.05, 4.69) is 9.69 Å². The average Bonchev–Trinajstić information content (AvgIpc) is 3.06. The van der Waals surface area contributed by atoms with Crippen LogP contribution in [-0.4, -0.2) is 43.0 Å². The summed E-state index contributed by atoms with van der Waals surface area (Å²) in [7, 11) is 3.17. The Hall–Kier alpha value is -2.45. The number of Topliss-reactive ketones (excluding diaryl/α,β-unsaturated/α-hetero) is 1. The van der Waals surface area contributed by atoms with Crippen molar-refractivity contribution in [1.29, 1.82) is 0 Å². The first kappa shape index (κ1) is 18.3. The second-order valence-electron chi connectivity index (χ2n) is 5.71. The van der Waals surface area contributed by atoms with Crippen LogP contribution in [0.25, 0.3) is 0 Å². The summed E-state index contributed by atoms with van der Waals surface area (Å²) in [5, 5.41) is 2.93. The third-order valence-electron chi connectivity index (χ3n) is 4.18. The van der Waals surface area contributed by atoms with Crippen LogP contribution in [0.4, 0.5) is 0 Å². The molecular formula is C18H20N2O5S. The maximum absolute atomic E-state index is 12.8. The highest BCUT2D eigenvalue weighted by molar-refractivity contribution is 7.06. The van der Waals surface area contributed by atoms with Gasteiger partial charge in [-0.2, -0.15) is 4.37 Å². The summed E-state index contributed by atoms with van der Waals surface area (Å²) in [6.07, 6.45) is 0.431. The van der Waals surface area contributed by atoms with Crippen molar-refractivity contribution in [2.45, 2.75) is 25.9 Å². The second-order valence-corrected chi connectivity index (χ2v) is 6.57. The van der Waals surface area contributed by atoms with Gasteiger partial charge >= 0.3 is 5.97 Å². The number of ether oxygens (including phenoxy) is 3. The summed E-state index contributed by atoms with van der Waals surface area (Å²) in [5.41, 5.74) is 2.05. The lowest BCUT2D eigenvalue weighted by molar-refractivity contribution is -0.144. The fraction of sp³-hybridized carbons (Fsp3) is 0.389. The van der Waals surface area contributed by atoms with Gasteiger partial charge in [-0.15, -0.1) is 0 Å². The number of carbonyl (C=O) groups excluding carboxylic acids is 2. The number of fused-ring (bicyclic) bond motifs is 1. The molecule has 1 aromatic heterocycles. The van der Waals surface area contributed by atoms with Crippen LogP contribution >= 0.6 is 11.5 Å². The van der Waals surface area contributed by atoms with Crippen molar-refractivity contribution in [2.75, 3.05) is 20.8 Å². The maximum Gasteiger partial charge on any atom is 0.331 e. The van der Waals surface area contributed by atoms with Crippen molar-refractivity contribution in [3.8, 4) is 11.5 Å². The molecule has 2 heterocycles. The van der Waals surface area contributed by atoms with Gasteiger partial charge in [0, 0.05) is 24.6 Å². The van der Waals surface area contributed by atoms with E-state index in [1.165, 1.54) is 11.5 Å². The number of nitrogens with zero attached hydrogens (tertiary/aromatic N) is 1. The standard InChI is InChI=1S/C18H20N2O5S/c1-4-25-18(22)16-17(21)15-12(20-26-14(15)9-19-16)7-10-5-6-11(23-2)8-13(10)24-3/h5-6,8,16,19H,4,7,9H2,1-3H3. The van der Waals surface area contributed by atoms with Crippen molar-refractivity contribution in [3.05, 3.63) is 39.9 Å². The summed E-state index contributed by atoms with van der Waals surface area (Å²) in [6, 6.07) is 4.54. The highest BCUT2D eigenvalue weighted by Gasteiger charge is 2.37. The molecule has 3 rings (SSSR count). The Kier molecular flexibility index (Phi) is 5.53. The second kappa shape index (κ2) is 7.84. The van der Waals surface area contributed by atoms with Gasteiger partial charge in [-0.1, -0.05) is 6.07 Å². The fourth-order valence-corrected chi connectivity index (χ4v) is 3.74. The van der Waals surface area contributed by atoms with E-state index in [1.54, 1.807) is 27.2 Å². The van der Waals surface area contributed by atoms with Crippen molar-refractivity contribution >= 4 is 23.3 Å². The highest BCUT2D eigenvalue weighted by atomic mass is 32.1. The third-order valence-corrected chi connectivity index (χ3v) is 5.06. The van der Waals surface area contributed by atoms with E-state index in [9.17, 15) is 9.59 Å². The molecular weight excluding hydrogens is 356 g/mol. The molecule has 1 N–H and O–H groups in total. The number of carbonyl (C=O) groups is 2. The zero-order chi connectivity index (χ0) is 18.7. The maximum atomic E-state index is 12.8. The van der Waals surface area contributed by atoms with E-state index in [1.807, 2.05) is 12.1 Å². The number of hydrogen-bond donors (Lipinski definition) is 1. The molecule has 1 aliphatic heterocycles. The first-order chi connectivity index (χ1) is 12.6. The van der Waals surface area contributed by atoms with E-state index in [0.717, 1.165) is 10.4 Å². The number of methoxy groups -OCH3 is 2. The van der Waals surface area contributed by atoms with E-state index in [4.69, 9.17) is 14.2 Å². The van der Waals surface area contributed by atoms with Crippen LogP contribution in [-0.2, 0) is 22.5 Å². The normalized spacial score (nSPS) is 16.1. The number of benzene rings is 1. The van der Waals surface area contributed by atoms with Crippen LogP contribution in [0.3, 0.4) is 0 Å². The molecule has 1 unspecified atom stereocenters. The first-order valence-electron chi connectivity index (χ1n) is 8.21. The SMILES string of the molecule is CCOC(=O)C1NCc2snc(Cc3ccc(OC)cc3OC)c2C1=O. The smallest absolute Gasteiger partial charge is 0.331 e. The molecule has 0 fully saturated rings. The molecule has 0 saturated carbocycles. The molecule has 7 nitrogen and oxygen atoms in total. The predicted octanol–water partition coefficient (Wildman–Crippen LogP) is 1.97. The zero-order valence-electron chi connectivity index (χ0n) is 14.8. The summed E-state index contributed by atoms with van der Waals surface area (Å²) >= 11 is 1.27. The van der Waals surface area contributed by atoms with E-state index in [-0.39, 0.29) is 12.4 Å². The minimum atomic E-state index is -0.977. The number of aromatic nitrogens is 1. The van der Waals surface area contributed by atoms with Crippen LogP contribution < -0.4 is 14.8 Å². The Labute approximate surface area is 155 Å². The largest absolute Gasteiger partial charge is 0.497 e. The lowest BCUT2D eigenvalue weighted by atomic mass is 9.95. The topological polar surface area (TPSA) is 86.8 Å². The van der Waals surface area contributed by atoms with Crippen molar-refractivity contribution in [1.82, 2.24) is 9.69 Å². The molecule has 0 saturated heterocycles. The molecule has 1 aromatic carbocycles. The Morgan fingerprint density at radius 3 is 2.85 bits per heavy atom. The van der Waals surface area contributed by atoms with Crippen molar-refractivity contribution in [3.63, 3.8) is 0 Å². The third kappa shape index (κ3) is 3.42. The number of hydrogen-bond acceptors (Lipinski definition) is 8. The number of rotatable bonds is 6. The van der Waals surface area contributed by atoms with Gasteiger partial charge in [0.2, 0.25) is 0 Å². The summed E-state index contributed by atoms with van der Waals surface area (Å²) < 4.78 is 20.1. The molecule has 0 bridgehead atoms. The van der Waals surface area contributed by atoms with E-state index >= 15 is 0 Å². The van der Waals surface area contributed by atoms with Gasteiger partial charge in [-0.25, -0.2) is 4.79 Å². The number of esters is 1. The van der Waals surface area contributed by atoms with Gasteiger partial charge in [-0.3, -0.25) is 10.1 Å². The van der Waals surface area contributed by atoms with Crippen LogP contribution in [0.1, 0.15) is 33.4 Å². The van der Waals surface area contributed by atoms with Crippen molar-refractivity contribution in [2.24, 2.45) is 0 Å². The van der Waals surface area contributed by atoms with Gasteiger partial charge in [0.05, 0.1) is 37.0 Å². The Morgan fingerprint density at radius 1 is 1.35 bits per heavy atom. The lowest BCUT2D eigenvalue weighted by Gasteiger charge is -2.21. The quantitative estimate of drug-likeness (QED) is 0.609. The monoisotopic (exact) mass is 376 g/mol. The fourth-order valence-electron chi connectivity index (χ4n) is 2.91. The van der Waals surface area contributed by atoms with Crippen LogP contribution in [0.5, 0.6) is 11.5 Å². The molecule has 2 aromatic rings. The average molecular weight is 376 g/mol. The molecule has 0 amide bonds. The Balaban J connectivity index is 1.90. The molecule has 26 heavy (non-hydrogen) atoms. The molecule has 0 spiro atoms. The minimum Gasteiger partial charge on any atom is -0.497 e. The highest BCUT2D eigenvalue weighted by Crippen LogP contribution is 2.31. The van der Waals surface area contributed by atoms with Gasteiger partial charge in [0.25, 0.3) is 0 Å². The molecule has 0 radical (unpaired) electrons. The molecule has 1 aliphatic rings. The predicted molar refractivity (Wildman–Crippen MR) is 96.1 cm³/mol. The van der Waals surface area contributed by atoms with E-state index < -0.39 is 12.0 Å².